The SMILES string of the molecule is Cc1cc(C(=O)[O-])cc(C(=O)[O-])c1.Cc1cc(S(=O)(=O)[O-])cc2cc(S(=O)(=O)[O-])ccc12.[Na+].[Na+].[Na+].[Na+]. The van der Waals surface area contributed by atoms with Crippen LogP contribution in [-0.4, -0.2) is 37.9 Å². The minimum atomic E-state index is -4.64. The maximum Gasteiger partial charge on any atom is 1.00 e. The Morgan fingerprint density at radius 2 is 1.06 bits per heavy atom. The third-order valence-corrected chi connectivity index (χ3v) is 5.87. The van der Waals surface area contributed by atoms with Gasteiger partial charge in [0.05, 0.1) is 21.7 Å². The van der Waals surface area contributed by atoms with Gasteiger partial charge in [-0.3, -0.25) is 0 Å². The predicted octanol–water partition coefficient (Wildman–Crippen LogP) is -12.3. The summed E-state index contributed by atoms with van der Waals surface area (Å²) in [6, 6.07) is 9.54. The third kappa shape index (κ3) is 11.8. The fraction of sp³-hybridized carbons (Fsp3) is 0.100. The summed E-state index contributed by atoms with van der Waals surface area (Å²) in [5.74, 6) is -2.79. The number of rotatable bonds is 4. The number of carbonyl (C=O) groups is 2. The summed E-state index contributed by atoms with van der Waals surface area (Å²) in [5.41, 5.74) is 0.737. The van der Waals surface area contributed by atoms with Gasteiger partial charge in [0.15, 0.2) is 0 Å². The Morgan fingerprint density at radius 1 is 0.639 bits per heavy atom. The first-order chi connectivity index (χ1) is 14.6. The van der Waals surface area contributed by atoms with Crippen LogP contribution in [-0.2, 0) is 20.2 Å². The van der Waals surface area contributed by atoms with Crippen LogP contribution in [0.15, 0.2) is 58.3 Å². The molecule has 0 unspecified atom stereocenters. The topological polar surface area (TPSA) is 195 Å². The molecule has 36 heavy (non-hydrogen) atoms. The summed E-state index contributed by atoms with van der Waals surface area (Å²) < 4.78 is 65.6. The standard InChI is InChI=1S/C11H10O6S2.C9H8O4.4Na/c1-7-4-10(19(15,16)17)6-8-5-9(18(12,13)14)2-3-11(7)8;1-5-2-6(8(10)11)4-7(3-5)9(12)13;;;;/h2-6H,1H3,(H,12,13,14)(H,15,16,17);2-4H,1H3,(H,10,11)(H,12,13);;;;/q;;4*+1/p-4. The zero-order valence-electron chi connectivity index (χ0n) is 20.5. The number of hydrogen-bond acceptors (Lipinski definition) is 10. The Kier molecular flexibility index (Phi) is 19.1. The fourth-order valence-corrected chi connectivity index (χ4v) is 3.92. The molecule has 3 aromatic rings. The second-order valence-corrected chi connectivity index (χ2v) is 9.45. The van der Waals surface area contributed by atoms with E-state index in [4.69, 9.17) is 0 Å². The van der Waals surface area contributed by atoms with Gasteiger partial charge < -0.3 is 28.9 Å². The van der Waals surface area contributed by atoms with Crippen LogP contribution < -0.4 is 128 Å². The second kappa shape index (κ2) is 16.7. The largest absolute Gasteiger partial charge is 1.00 e. The molecule has 0 aromatic heterocycles. The van der Waals surface area contributed by atoms with Gasteiger partial charge in [0, 0.05) is 0 Å². The monoisotopic (exact) mass is 570 g/mol. The van der Waals surface area contributed by atoms with Gasteiger partial charge in [-0.25, -0.2) is 16.8 Å². The number of fused-ring (bicyclic) bond motifs is 1. The van der Waals surface area contributed by atoms with Gasteiger partial charge in [-0.2, -0.15) is 0 Å². The van der Waals surface area contributed by atoms with Crippen LogP contribution in [0.4, 0.5) is 0 Å². The van der Waals surface area contributed by atoms with Crippen LogP contribution in [0, 0.1) is 13.8 Å². The first-order valence-corrected chi connectivity index (χ1v) is 11.4. The van der Waals surface area contributed by atoms with Crippen molar-refractivity contribution in [3.05, 3.63) is 70.8 Å². The van der Waals surface area contributed by atoms with E-state index >= 15 is 0 Å². The minimum absolute atomic E-state index is 0. The van der Waals surface area contributed by atoms with Gasteiger partial charge in [-0.1, -0.05) is 18.2 Å². The molecule has 0 aliphatic heterocycles. The quantitative estimate of drug-likeness (QED) is 0.215. The summed E-state index contributed by atoms with van der Waals surface area (Å²) in [4.78, 5) is 19.9. The van der Waals surface area contributed by atoms with Crippen molar-refractivity contribution >= 4 is 42.9 Å². The fourth-order valence-electron chi connectivity index (χ4n) is 2.82. The molecule has 3 aromatic carbocycles. The van der Waals surface area contributed by atoms with Crippen LogP contribution in [0.25, 0.3) is 10.8 Å². The number of carboxylic acids is 2. The first-order valence-electron chi connectivity index (χ1n) is 8.60. The number of benzene rings is 3. The van der Waals surface area contributed by atoms with Gasteiger partial charge in [0.25, 0.3) is 0 Å². The number of hydrogen-bond donors (Lipinski definition) is 0. The molecular formula is C20H14Na4O10S2. The summed E-state index contributed by atoms with van der Waals surface area (Å²) in [6.45, 7) is 3.18. The zero-order valence-corrected chi connectivity index (χ0v) is 30.2. The van der Waals surface area contributed by atoms with E-state index in [-0.39, 0.29) is 135 Å². The van der Waals surface area contributed by atoms with Gasteiger partial charge in [0.1, 0.15) is 20.2 Å². The van der Waals surface area contributed by atoms with E-state index in [2.05, 4.69) is 0 Å². The van der Waals surface area contributed by atoms with E-state index in [1.54, 1.807) is 13.8 Å². The molecule has 0 aliphatic rings. The number of aromatic carboxylic acids is 2. The minimum Gasteiger partial charge on any atom is -0.744 e. The third-order valence-electron chi connectivity index (χ3n) is 4.23. The maximum absolute atomic E-state index is 11.0. The predicted molar refractivity (Wildman–Crippen MR) is 104 cm³/mol. The molecule has 16 heteroatoms. The maximum atomic E-state index is 11.0. The molecule has 0 radical (unpaired) electrons. The Labute approximate surface area is 296 Å². The van der Waals surface area contributed by atoms with Crippen LogP contribution >= 0.6 is 0 Å². The molecule has 0 saturated carbocycles. The van der Waals surface area contributed by atoms with Crippen LogP contribution in [0.2, 0.25) is 0 Å². The van der Waals surface area contributed by atoms with Crippen LogP contribution in [0.3, 0.4) is 0 Å². The summed E-state index contributed by atoms with van der Waals surface area (Å²) in [6.07, 6.45) is 0. The molecular weight excluding hydrogens is 556 g/mol. The van der Waals surface area contributed by atoms with E-state index in [1.807, 2.05) is 0 Å². The molecule has 0 amide bonds. The molecule has 0 fully saturated rings. The van der Waals surface area contributed by atoms with Crippen molar-refractivity contribution in [2.75, 3.05) is 0 Å². The van der Waals surface area contributed by atoms with Crippen molar-refractivity contribution in [3.63, 3.8) is 0 Å². The van der Waals surface area contributed by atoms with Crippen LogP contribution in [0.1, 0.15) is 31.8 Å². The molecule has 0 bridgehead atoms. The molecule has 0 aliphatic carbocycles. The van der Waals surface area contributed by atoms with E-state index in [9.17, 15) is 45.7 Å². The number of aryl methyl sites for hydroxylation is 2. The number of carboxylic acid groups (broad SMARTS) is 2. The molecule has 0 heterocycles. The summed E-state index contributed by atoms with van der Waals surface area (Å²) in [7, 11) is -9.28. The second-order valence-electron chi connectivity index (χ2n) is 6.69. The zero-order chi connectivity index (χ0) is 24.4. The molecule has 0 saturated heterocycles. The van der Waals surface area contributed by atoms with Gasteiger partial charge >= 0.3 is 118 Å². The van der Waals surface area contributed by atoms with E-state index < -0.39 is 42.0 Å². The average molecular weight is 570 g/mol. The van der Waals surface area contributed by atoms with Crippen molar-refractivity contribution in [1.29, 1.82) is 0 Å². The van der Waals surface area contributed by atoms with Crippen LogP contribution in [0.5, 0.6) is 0 Å². The Bertz CT molecular complexity index is 1420. The first kappa shape index (κ1) is 41.2. The van der Waals surface area contributed by atoms with Crippen molar-refractivity contribution in [2.45, 2.75) is 23.6 Å². The molecule has 0 N–H and O–H groups in total. The van der Waals surface area contributed by atoms with Gasteiger partial charge in [-0.15, -0.1) is 0 Å². The molecule has 3 rings (SSSR count). The van der Waals surface area contributed by atoms with Crippen molar-refractivity contribution in [1.82, 2.24) is 0 Å². The number of carbonyl (C=O) groups excluding carboxylic acids is 2. The van der Waals surface area contributed by atoms with Gasteiger partial charge in [-0.05, 0) is 77.2 Å². The summed E-state index contributed by atoms with van der Waals surface area (Å²) in [5, 5.41) is 21.6. The van der Waals surface area contributed by atoms with Crippen molar-refractivity contribution in [3.8, 4) is 0 Å². The molecule has 10 nitrogen and oxygen atoms in total. The smallest absolute Gasteiger partial charge is 0.744 e. The average Bonchev–Trinajstić information content (AvgIpc) is 2.66. The van der Waals surface area contributed by atoms with E-state index in [0.29, 0.717) is 16.5 Å². The Balaban J connectivity index is -0.000000575. The molecule has 0 spiro atoms. The van der Waals surface area contributed by atoms with Crippen molar-refractivity contribution in [2.24, 2.45) is 0 Å². The normalized spacial score (nSPS) is 10.2. The summed E-state index contributed by atoms with van der Waals surface area (Å²) >= 11 is 0. The van der Waals surface area contributed by atoms with E-state index in [0.717, 1.165) is 24.3 Å². The Hall–Kier alpha value is 0.680. The van der Waals surface area contributed by atoms with E-state index in [1.165, 1.54) is 24.3 Å². The molecule has 0 atom stereocenters. The molecule has 170 valence electrons. The van der Waals surface area contributed by atoms with Crippen molar-refractivity contribution < 1.29 is 164 Å². The Morgan fingerprint density at radius 3 is 1.44 bits per heavy atom. The van der Waals surface area contributed by atoms with Gasteiger partial charge in [0.2, 0.25) is 0 Å².